The Bertz CT molecular complexity index is 765. The first kappa shape index (κ1) is 22.8. The van der Waals surface area contributed by atoms with E-state index >= 15 is 0 Å². The van der Waals surface area contributed by atoms with Crippen LogP contribution in [0.5, 0.6) is 0 Å². The van der Waals surface area contributed by atoms with E-state index in [2.05, 4.69) is 5.32 Å². The van der Waals surface area contributed by atoms with Crippen LogP contribution in [0, 0.1) is 0 Å². The maximum atomic E-state index is 14.0. The molecule has 5 N–H and O–H groups in total. The van der Waals surface area contributed by atoms with Gasteiger partial charge < -0.3 is 30.6 Å². The average Bonchev–Trinajstić information content (AvgIpc) is 2.75. The van der Waals surface area contributed by atoms with Crippen molar-refractivity contribution < 1.29 is 24.8 Å². The number of alkyl halides is 1. The molecule has 0 radical (unpaired) electrons. The minimum atomic E-state index is -1.81. The highest BCUT2D eigenvalue weighted by molar-refractivity contribution is 5.71. The smallest absolute Gasteiger partial charge is 0.146 e. The van der Waals surface area contributed by atoms with Crippen LogP contribution in [-0.2, 0) is 0 Å². The monoisotopic (exact) mass is 404 g/mol. The number of hydrogen-bond donors (Lipinski definition) is 5. The van der Waals surface area contributed by atoms with Crippen molar-refractivity contribution in [1.82, 2.24) is 0 Å². The summed E-state index contributed by atoms with van der Waals surface area (Å²) in [6.45, 7) is -1.00. The van der Waals surface area contributed by atoms with Crippen LogP contribution >= 0.6 is 0 Å². The van der Waals surface area contributed by atoms with Gasteiger partial charge in [0.05, 0.1) is 6.61 Å². The number of rotatable bonds is 10. The predicted molar refractivity (Wildman–Crippen MR) is 115 cm³/mol. The second-order valence-corrected chi connectivity index (χ2v) is 7.07. The molecular weight excluding hydrogens is 375 g/mol. The zero-order chi connectivity index (χ0) is 21.4. The Balaban J connectivity index is 1.88. The summed E-state index contributed by atoms with van der Waals surface area (Å²) in [5.41, 5.74) is 3.85. The standard InChI is InChI=1S/C22H29FN2O4/c1-25(2)18-11-7-16(8-12-18)4-3-15-5-9-17(10-6-15)24-13-19(23)21(28)22(29)20(27)14-26/h3-12,19-22,24,26-29H,13-14H2,1-2H3/b4-3+. The summed E-state index contributed by atoms with van der Waals surface area (Å²) in [7, 11) is 3.99. The second kappa shape index (κ2) is 10.9. The van der Waals surface area contributed by atoms with Gasteiger partial charge in [0.25, 0.3) is 0 Å². The van der Waals surface area contributed by atoms with Gasteiger partial charge in [-0.1, -0.05) is 36.4 Å². The maximum absolute atomic E-state index is 14.0. The molecule has 0 heterocycles. The van der Waals surface area contributed by atoms with Gasteiger partial charge in [0.15, 0.2) is 0 Å². The van der Waals surface area contributed by atoms with Crippen LogP contribution in [-0.4, -0.2) is 72.2 Å². The molecule has 0 fully saturated rings. The van der Waals surface area contributed by atoms with Gasteiger partial charge in [-0.15, -0.1) is 0 Å². The topological polar surface area (TPSA) is 96.2 Å². The van der Waals surface area contributed by atoms with Gasteiger partial charge in [-0.25, -0.2) is 4.39 Å². The predicted octanol–water partition coefficient (Wildman–Crippen LogP) is 1.75. The van der Waals surface area contributed by atoms with Crippen LogP contribution in [0.2, 0.25) is 0 Å². The van der Waals surface area contributed by atoms with Crippen LogP contribution in [0.1, 0.15) is 11.1 Å². The Morgan fingerprint density at radius 1 is 0.897 bits per heavy atom. The van der Waals surface area contributed by atoms with E-state index in [0.717, 1.165) is 16.8 Å². The fourth-order valence-corrected chi connectivity index (χ4v) is 2.67. The summed E-state index contributed by atoms with van der Waals surface area (Å²) in [5.74, 6) is 0. The summed E-state index contributed by atoms with van der Waals surface area (Å²) >= 11 is 0. The van der Waals surface area contributed by atoms with Gasteiger partial charge in [0.2, 0.25) is 0 Å². The maximum Gasteiger partial charge on any atom is 0.146 e. The third kappa shape index (κ3) is 6.83. The SMILES string of the molecule is CN(C)c1ccc(/C=C/c2ccc(NCC(F)C(O)C(O)C(O)CO)cc2)cc1. The van der Waals surface area contributed by atoms with E-state index < -0.39 is 31.1 Å². The molecule has 0 saturated heterocycles. The Labute approximate surface area is 170 Å². The van der Waals surface area contributed by atoms with Crippen molar-refractivity contribution in [2.45, 2.75) is 24.5 Å². The number of anilines is 2. The molecule has 0 aliphatic rings. The third-order valence-electron chi connectivity index (χ3n) is 4.59. The average molecular weight is 404 g/mol. The molecule has 0 bridgehead atoms. The van der Waals surface area contributed by atoms with Gasteiger partial charge in [0, 0.05) is 32.0 Å². The first-order valence-corrected chi connectivity index (χ1v) is 9.40. The van der Waals surface area contributed by atoms with Gasteiger partial charge in [-0.3, -0.25) is 0 Å². The highest BCUT2D eigenvalue weighted by atomic mass is 19.1. The van der Waals surface area contributed by atoms with Crippen LogP contribution in [0.25, 0.3) is 12.2 Å². The van der Waals surface area contributed by atoms with E-state index in [0.29, 0.717) is 5.69 Å². The fourth-order valence-electron chi connectivity index (χ4n) is 2.67. The minimum absolute atomic E-state index is 0.246. The fraction of sp³-hybridized carbons (Fsp3) is 0.364. The van der Waals surface area contributed by atoms with E-state index in [-0.39, 0.29) is 6.54 Å². The molecule has 2 aromatic carbocycles. The molecule has 4 unspecified atom stereocenters. The first-order valence-electron chi connectivity index (χ1n) is 9.40. The molecule has 0 saturated carbocycles. The van der Waals surface area contributed by atoms with Crippen LogP contribution in [0.4, 0.5) is 15.8 Å². The summed E-state index contributed by atoms with van der Waals surface area (Å²) in [6, 6.07) is 15.5. The van der Waals surface area contributed by atoms with Crippen LogP contribution in [0.15, 0.2) is 48.5 Å². The molecule has 0 aromatic heterocycles. The van der Waals surface area contributed by atoms with E-state index in [1.807, 2.05) is 67.5 Å². The lowest BCUT2D eigenvalue weighted by molar-refractivity contribution is -0.0969. The Kier molecular flexibility index (Phi) is 8.60. The molecule has 29 heavy (non-hydrogen) atoms. The molecule has 2 aromatic rings. The van der Waals surface area contributed by atoms with Gasteiger partial charge in [0.1, 0.15) is 24.5 Å². The molecule has 158 valence electrons. The number of aliphatic hydroxyl groups is 4. The van der Waals surface area contributed by atoms with Gasteiger partial charge in [-0.05, 0) is 35.4 Å². The Morgan fingerprint density at radius 2 is 1.41 bits per heavy atom. The molecule has 0 aliphatic carbocycles. The molecule has 7 heteroatoms. The van der Waals surface area contributed by atoms with Crippen molar-refractivity contribution >= 4 is 23.5 Å². The van der Waals surface area contributed by atoms with Gasteiger partial charge >= 0.3 is 0 Å². The Morgan fingerprint density at radius 3 is 1.90 bits per heavy atom. The van der Waals surface area contributed by atoms with E-state index in [1.54, 1.807) is 12.1 Å². The zero-order valence-corrected chi connectivity index (χ0v) is 16.6. The van der Waals surface area contributed by atoms with Crippen molar-refractivity contribution in [2.24, 2.45) is 0 Å². The first-order chi connectivity index (χ1) is 13.8. The normalized spacial score (nSPS) is 15.7. The molecule has 0 spiro atoms. The third-order valence-corrected chi connectivity index (χ3v) is 4.59. The van der Waals surface area contributed by atoms with Crippen molar-refractivity contribution in [3.05, 3.63) is 59.7 Å². The van der Waals surface area contributed by atoms with E-state index in [4.69, 9.17) is 5.11 Å². The molecule has 2 rings (SSSR count). The zero-order valence-electron chi connectivity index (χ0n) is 16.6. The molecule has 4 atom stereocenters. The van der Waals surface area contributed by atoms with E-state index in [9.17, 15) is 19.7 Å². The largest absolute Gasteiger partial charge is 0.394 e. The van der Waals surface area contributed by atoms with Crippen molar-refractivity contribution in [3.8, 4) is 0 Å². The lowest BCUT2D eigenvalue weighted by Crippen LogP contribution is -2.46. The number of nitrogens with zero attached hydrogens (tertiary/aromatic N) is 1. The van der Waals surface area contributed by atoms with Crippen LogP contribution in [0.3, 0.4) is 0 Å². The number of hydrogen-bond acceptors (Lipinski definition) is 6. The number of nitrogens with one attached hydrogen (secondary N) is 1. The molecule has 0 aliphatic heterocycles. The summed E-state index contributed by atoms with van der Waals surface area (Å²) in [5, 5.41) is 40.1. The lowest BCUT2D eigenvalue weighted by atomic mass is 10.0. The number of benzene rings is 2. The Hall–Kier alpha value is -2.45. The molecule has 6 nitrogen and oxygen atoms in total. The summed E-state index contributed by atoms with van der Waals surface area (Å²) in [4.78, 5) is 2.04. The van der Waals surface area contributed by atoms with Crippen molar-refractivity contribution in [2.75, 3.05) is 37.5 Å². The van der Waals surface area contributed by atoms with E-state index in [1.165, 1.54) is 0 Å². The number of aliphatic hydroxyl groups excluding tert-OH is 4. The van der Waals surface area contributed by atoms with Crippen molar-refractivity contribution in [3.63, 3.8) is 0 Å². The van der Waals surface area contributed by atoms with Gasteiger partial charge in [-0.2, -0.15) is 0 Å². The van der Waals surface area contributed by atoms with Crippen LogP contribution < -0.4 is 10.2 Å². The lowest BCUT2D eigenvalue weighted by Gasteiger charge is -2.24. The summed E-state index contributed by atoms with van der Waals surface area (Å²) < 4.78 is 14.0. The molecule has 0 amide bonds. The second-order valence-electron chi connectivity index (χ2n) is 7.07. The summed E-state index contributed by atoms with van der Waals surface area (Å²) in [6.07, 6.45) is -2.97. The highest BCUT2D eigenvalue weighted by Crippen LogP contribution is 2.16. The number of halogens is 1. The molecular formula is C22H29FN2O4. The van der Waals surface area contributed by atoms with Crippen molar-refractivity contribution in [1.29, 1.82) is 0 Å². The quantitative estimate of drug-likeness (QED) is 0.387. The minimum Gasteiger partial charge on any atom is -0.394 e. The highest BCUT2D eigenvalue weighted by Gasteiger charge is 2.30.